The zero-order valence-electron chi connectivity index (χ0n) is 19.8. The summed E-state index contributed by atoms with van der Waals surface area (Å²) in [5.74, 6) is 0.173. The summed E-state index contributed by atoms with van der Waals surface area (Å²) < 4.78 is 33.7. The van der Waals surface area contributed by atoms with Gasteiger partial charge in [0, 0.05) is 43.5 Å². The molecule has 5 rings (SSSR count). The number of fused-ring (bicyclic) bond motifs is 2. The molecule has 0 saturated heterocycles. The van der Waals surface area contributed by atoms with Gasteiger partial charge in [-0.1, -0.05) is 6.07 Å². The molecule has 0 bridgehead atoms. The minimum absolute atomic E-state index is 0.100. The number of likely N-dealkylation sites (N-methyl/N-ethyl adjacent to an activating group) is 1. The van der Waals surface area contributed by atoms with Crippen LogP contribution < -0.4 is 14.4 Å². The number of benzene rings is 2. The SMILES string of the molecule is CCn1cnc2c(-c3ccc(F)c(-c4cc5c(cc4OC)N(C)C(=O)[C@H](COC)O5)c3)cnnc21. The van der Waals surface area contributed by atoms with Gasteiger partial charge in [0.25, 0.3) is 5.91 Å². The van der Waals surface area contributed by atoms with Gasteiger partial charge in [0.2, 0.25) is 6.10 Å². The van der Waals surface area contributed by atoms with E-state index in [1.54, 1.807) is 43.8 Å². The van der Waals surface area contributed by atoms with Gasteiger partial charge in [-0.2, -0.15) is 5.10 Å². The predicted molar refractivity (Wildman–Crippen MR) is 128 cm³/mol. The molecule has 180 valence electrons. The minimum atomic E-state index is -0.792. The van der Waals surface area contributed by atoms with Crippen LogP contribution in [0.4, 0.5) is 10.1 Å². The molecular weight excluding hydrogens is 453 g/mol. The first-order valence-electron chi connectivity index (χ1n) is 11.1. The van der Waals surface area contributed by atoms with E-state index in [-0.39, 0.29) is 12.5 Å². The van der Waals surface area contributed by atoms with Crippen LogP contribution in [0.25, 0.3) is 33.4 Å². The van der Waals surface area contributed by atoms with Crippen LogP contribution in [0.3, 0.4) is 0 Å². The molecule has 35 heavy (non-hydrogen) atoms. The Bertz CT molecular complexity index is 1440. The maximum absolute atomic E-state index is 15.2. The quantitative estimate of drug-likeness (QED) is 0.418. The molecule has 10 heteroatoms. The van der Waals surface area contributed by atoms with E-state index >= 15 is 4.39 Å². The number of anilines is 1. The highest BCUT2D eigenvalue weighted by molar-refractivity contribution is 6.01. The third-order valence-corrected chi connectivity index (χ3v) is 6.15. The number of carbonyl (C=O) groups is 1. The Morgan fingerprint density at radius 3 is 2.71 bits per heavy atom. The molecule has 1 aliphatic heterocycles. The number of carbonyl (C=O) groups excluding carboxylic acids is 1. The molecule has 4 aromatic rings. The van der Waals surface area contributed by atoms with Gasteiger partial charge in [0.05, 0.1) is 31.9 Å². The van der Waals surface area contributed by atoms with Crippen molar-refractivity contribution in [2.45, 2.75) is 19.6 Å². The van der Waals surface area contributed by atoms with Crippen molar-refractivity contribution in [3.8, 4) is 33.8 Å². The molecule has 1 amide bonds. The van der Waals surface area contributed by atoms with E-state index in [9.17, 15) is 4.79 Å². The van der Waals surface area contributed by atoms with Crippen LogP contribution in [-0.4, -0.2) is 59.6 Å². The first-order chi connectivity index (χ1) is 17.0. The maximum Gasteiger partial charge on any atom is 0.270 e. The number of aryl methyl sites for hydroxylation is 1. The van der Waals surface area contributed by atoms with Crippen molar-refractivity contribution < 1.29 is 23.4 Å². The molecule has 3 heterocycles. The number of halogens is 1. The van der Waals surface area contributed by atoms with Gasteiger partial charge in [-0.05, 0) is 30.7 Å². The van der Waals surface area contributed by atoms with E-state index in [4.69, 9.17) is 14.2 Å². The van der Waals surface area contributed by atoms with Crippen LogP contribution in [0.2, 0.25) is 0 Å². The Kier molecular flexibility index (Phi) is 5.81. The largest absolute Gasteiger partial charge is 0.496 e. The maximum atomic E-state index is 15.2. The molecule has 0 N–H and O–H groups in total. The zero-order chi connectivity index (χ0) is 24.7. The van der Waals surface area contributed by atoms with Gasteiger partial charge in [-0.15, -0.1) is 5.10 Å². The Balaban J connectivity index is 1.65. The summed E-state index contributed by atoms with van der Waals surface area (Å²) in [4.78, 5) is 18.6. The Labute approximate surface area is 201 Å². The molecule has 1 atom stereocenters. The van der Waals surface area contributed by atoms with E-state index in [1.165, 1.54) is 25.2 Å². The van der Waals surface area contributed by atoms with Gasteiger partial charge in [-0.3, -0.25) is 4.79 Å². The minimum Gasteiger partial charge on any atom is -0.496 e. The van der Waals surface area contributed by atoms with Gasteiger partial charge >= 0.3 is 0 Å². The number of hydrogen-bond acceptors (Lipinski definition) is 7. The van der Waals surface area contributed by atoms with Crippen molar-refractivity contribution in [2.75, 3.05) is 32.8 Å². The Morgan fingerprint density at radius 2 is 1.97 bits per heavy atom. The van der Waals surface area contributed by atoms with Crippen molar-refractivity contribution in [1.82, 2.24) is 19.7 Å². The van der Waals surface area contributed by atoms with Gasteiger partial charge in [0.15, 0.2) is 5.65 Å². The molecule has 0 spiro atoms. The van der Waals surface area contributed by atoms with Crippen molar-refractivity contribution in [2.24, 2.45) is 0 Å². The number of hydrogen-bond donors (Lipinski definition) is 0. The van der Waals surface area contributed by atoms with Crippen molar-refractivity contribution in [3.05, 3.63) is 48.7 Å². The molecule has 0 fully saturated rings. The Morgan fingerprint density at radius 1 is 1.14 bits per heavy atom. The summed E-state index contributed by atoms with van der Waals surface area (Å²) in [6.45, 7) is 2.80. The first kappa shape index (κ1) is 22.7. The van der Waals surface area contributed by atoms with Crippen LogP contribution in [0.1, 0.15) is 6.92 Å². The van der Waals surface area contributed by atoms with E-state index < -0.39 is 11.9 Å². The molecular formula is C25H24FN5O4. The highest BCUT2D eigenvalue weighted by Gasteiger charge is 2.33. The van der Waals surface area contributed by atoms with Crippen LogP contribution >= 0.6 is 0 Å². The summed E-state index contributed by atoms with van der Waals surface area (Å²) in [6.07, 6.45) is 2.54. The van der Waals surface area contributed by atoms with Crippen LogP contribution in [0.5, 0.6) is 11.5 Å². The lowest BCUT2D eigenvalue weighted by atomic mass is 9.97. The standard InChI is InChI=1S/C25H24FN5O4/c1-5-31-13-27-23-17(11-28-29-24(23)31)14-6-7-18(26)15(8-14)16-9-21-19(10-20(16)34-4)30(2)25(32)22(35-21)12-33-3/h6-11,13,22H,5,12H2,1-4H3/t22-/m0/s1. The fourth-order valence-electron chi connectivity index (χ4n) is 4.30. The lowest BCUT2D eigenvalue weighted by Gasteiger charge is -2.32. The fourth-order valence-corrected chi connectivity index (χ4v) is 4.30. The predicted octanol–water partition coefficient (Wildman–Crippen LogP) is 3.70. The third kappa shape index (κ3) is 3.75. The van der Waals surface area contributed by atoms with Gasteiger partial charge in [0.1, 0.15) is 22.8 Å². The second kappa shape index (κ2) is 8.95. The topological polar surface area (TPSA) is 91.6 Å². The lowest BCUT2D eigenvalue weighted by Crippen LogP contribution is -2.46. The third-order valence-electron chi connectivity index (χ3n) is 6.15. The number of nitrogens with zero attached hydrogens (tertiary/aromatic N) is 5. The number of amides is 1. The molecule has 0 radical (unpaired) electrons. The Hall–Kier alpha value is -4.05. The molecule has 2 aromatic carbocycles. The number of aromatic nitrogens is 4. The average Bonchev–Trinajstić information content (AvgIpc) is 3.30. The van der Waals surface area contributed by atoms with Crippen molar-refractivity contribution in [1.29, 1.82) is 0 Å². The van der Waals surface area contributed by atoms with Crippen LogP contribution in [-0.2, 0) is 16.1 Å². The second-order valence-corrected chi connectivity index (χ2v) is 8.13. The number of rotatable bonds is 6. The normalized spacial score (nSPS) is 15.3. The number of methoxy groups -OCH3 is 2. The fraction of sp³-hybridized carbons (Fsp3) is 0.280. The molecule has 0 saturated carbocycles. The summed E-state index contributed by atoms with van der Waals surface area (Å²) >= 11 is 0. The van der Waals surface area contributed by atoms with Crippen LogP contribution in [0.15, 0.2) is 42.9 Å². The molecule has 2 aromatic heterocycles. The number of imidazole rings is 1. The summed E-state index contributed by atoms with van der Waals surface area (Å²) in [7, 11) is 4.66. The summed E-state index contributed by atoms with van der Waals surface area (Å²) in [5, 5.41) is 8.33. The van der Waals surface area contributed by atoms with Crippen LogP contribution in [0, 0.1) is 5.82 Å². The lowest BCUT2D eigenvalue weighted by molar-refractivity contribution is -0.128. The molecule has 9 nitrogen and oxygen atoms in total. The molecule has 0 unspecified atom stereocenters. The smallest absolute Gasteiger partial charge is 0.270 e. The van der Waals surface area contributed by atoms with Crippen molar-refractivity contribution >= 4 is 22.8 Å². The average molecular weight is 477 g/mol. The highest BCUT2D eigenvalue weighted by Crippen LogP contribution is 2.44. The second-order valence-electron chi connectivity index (χ2n) is 8.13. The van der Waals surface area contributed by atoms with Gasteiger partial charge in [-0.25, -0.2) is 9.37 Å². The van der Waals surface area contributed by atoms with E-state index in [0.717, 1.165) is 11.1 Å². The van der Waals surface area contributed by atoms with Crippen molar-refractivity contribution in [3.63, 3.8) is 0 Å². The van der Waals surface area contributed by atoms with E-state index in [1.807, 2.05) is 11.5 Å². The monoisotopic (exact) mass is 477 g/mol. The summed E-state index contributed by atoms with van der Waals surface area (Å²) in [6, 6.07) is 8.17. The summed E-state index contributed by atoms with van der Waals surface area (Å²) in [5.41, 5.74) is 4.14. The highest BCUT2D eigenvalue weighted by atomic mass is 19.1. The molecule has 0 aliphatic carbocycles. The van der Waals surface area contributed by atoms with E-state index in [0.29, 0.717) is 46.0 Å². The number of ether oxygens (including phenoxy) is 3. The zero-order valence-corrected chi connectivity index (χ0v) is 19.8. The van der Waals surface area contributed by atoms with Gasteiger partial charge < -0.3 is 23.7 Å². The van der Waals surface area contributed by atoms with E-state index in [2.05, 4.69) is 15.2 Å². The molecule has 1 aliphatic rings. The first-order valence-corrected chi connectivity index (χ1v) is 11.1.